The third kappa shape index (κ3) is 4.21. The summed E-state index contributed by atoms with van der Waals surface area (Å²) in [6, 6.07) is 4.61. The summed E-state index contributed by atoms with van der Waals surface area (Å²) in [4.78, 5) is 22.0. The van der Waals surface area contributed by atoms with Gasteiger partial charge in [0.2, 0.25) is 0 Å². The van der Waals surface area contributed by atoms with Crippen LogP contribution in [0.15, 0.2) is 30.1 Å². The van der Waals surface area contributed by atoms with Crippen LogP contribution in [-0.2, 0) is 11.3 Å². The van der Waals surface area contributed by atoms with Gasteiger partial charge in [-0.25, -0.2) is 4.39 Å². The lowest BCUT2D eigenvalue weighted by Crippen LogP contribution is -2.38. The molecule has 0 spiro atoms. The molecule has 2 amide bonds. The monoisotopic (exact) mass is 332 g/mol. The summed E-state index contributed by atoms with van der Waals surface area (Å²) in [5.41, 5.74) is 1.05. The highest BCUT2D eigenvalue weighted by molar-refractivity contribution is 5.98. The Kier molecular flexibility index (Phi) is 4.87. The minimum atomic E-state index is -5.03. The number of ether oxygens (including phenoxy) is 1. The minimum Gasteiger partial charge on any atom is -0.489 e. The van der Waals surface area contributed by atoms with Gasteiger partial charge in [0.05, 0.1) is 6.33 Å². The average molecular weight is 332 g/mol. The molecule has 0 saturated carbocycles. The predicted octanol–water partition coefficient (Wildman–Crippen LogP) is 1.84. The molecule has 0 fully saturated rings. The number of hydrogen-bond acceptors (Lipinski definition) is 3. The van der Waals surface area contributed by atoms with E-state index in [2.05, 4.69) is 5.32 Å². The normalized spacial score (nSPS) is 14.3. The highest BCUT2D eigenvalue weighted by atomic mass is 19.4. The summed E-state index contributed by atoms with van der Waals surface area (Å²) in [5, 5.41) is 4.17. The highest BCUT2D eigenvalue weighted by Gasteiger charge is 2.38. The maximum atomic E-state index is 12.6. The van der Waals surface area contributed by atoms with Crippen molar-refractivity contribution in [2.24, 2.45) is 0 Å². The van der Waals surface area contributed by atoms with Gasteiger partial charge >= 0.3 is 12.1 Å². The van der Waals surface area contributed by atoms with Gasteiger partial charge in [0.25, 0.3) is 5.91 Å². The van der Waals surface area contributed by atoms with Crippen LogP contribution >= 0.6 is 0 Å². The Bertz CT molecular complexity index is 656. The molecular weight excluding hydrogens is 320 g/mol. The summed E-state index contributed by atoms with van der Waals surface area (Å²) in [6.45, 7) is -0.618. The van der Waals surface area contributed by atoms with E-state index in [1.165, 1.54) is 12.1 Å². The third-order valence-electron chi connectivity index (χ3n) is 3.07. The molecule has 9 heteroatoms. The maximum absolute atomic E-state index is 12.6. The van der Waals surface area contributed by atoms with Crippen LogP contribution in [0.5, 0.6) is 5.75 Å². The number of carbonyl (C=O) groups is 2. The molecule has 0 saturated heterocycles. The Balaban J connectivity index is 1.89. The van der Waals surface area contributed by atoms with Gasteiger partial charge in [-0.1, -0.05) is 0 Å². The van der Waals surface area contributed by atoms with Crippen molar-refractivity contribution in [3.8, 4) is 5.75 Å². The van der Waals surface area contributed by atoms with Crippen LogP contribution in [-0.4, -0.2) is 31.1 Å². The fraction of sp³-hybridized carbons (Fsp3) is 0.286. The Morgan fingerprint density at radius 3 is 2.78 bits per heavy atom. The first-order valence-corrected chi connectivity index (χ1v) is 6.48. The van der Waals surface area contributed by atoms with Crippen LogP contribution < -0.4 is 15.4 Å². The highest BCUT2D eigenvalue weighted by Crippen LogP contribution is 2.22. The van der Waals surface area contributed by atoms with Gasteiger partial charge < -0.3 is 15.4 Å². The van der Waals surface area contributed by atoms with Crippen LogP contribution in [0.1, 0.15) is 15.9 Å². The van der Waals surface area contributed by atoms with E-state index in [1.807, 2.05) is 0 Å². The summed E-state index contributed by atoms with van der Waals surface area (Å²) in [6.07, 6.45) is -4.95. The molecule has 0 atom stereocenters. The van der Waals surface area contributed by atoms with Gasteiger partial charge in [-0.05, 0) is 23.8 Å². The van der Waals surface area contributed by atoms with E-state index in [0.29, 0.717) is 23.4 Å². The molecule has 23 heavy (non-hydrogen) atoms. The molecule has 5 nitrogen and oxygen atoms in total. The average Bonchev–Trinajstić information content (AvgIpc) is 2.87. The molecule has 0 radical (unpaired) electrons. The molecular formula is C14H12F4N2O3. The summed E-state index contributed by atoms with van der Waals surface area (Å²) in [7, 11) is 0. The molecule has 0 aliphatic carbocycles. The lowest BCUT2D eigenvalue weighted by atomic mass is 10.1. The van der Waals surface area contributed by atoms with Crippen LogP contribution in [0.2, 0.25) is 0 Å². The first-order chi connectivity index (χ1) is 10.8. The number of carbonyl (C=O) groups excluding carboxylic acids is 2. The van der Waals surface area contributed by atoms with Gasteiger partial charge in [0.1, 0.15) is 12.4 Å². The number of rotatable bonds is 5. The fourth-order valence-electron chi connectivity index (χ4n) is 1.89. The van der Waals surface area contributed by atoms with Crippen molar-refractivity contribution in [2.75, 3.05) is 13.2 Å². The number of benzene rings is 1. The Morgan fingerprint density at radius 1 is 1.39 bits per heavy atom. The van der Waals surface area contributed by atoms with Crippen LogP contribution in [0, 0.1) is 0 Å². The molecule has 0 aromatic heterocycles. The molecule has 1 aliphatic heterocycles. The molecule has 1 heterocycles. The van der Waals surface area contributed by atoms with E-state index in [4.69, 9.17) is 4.74 Å². The second kappa shape index (κ2) is 6.67. The molecule has 124 valence electrons. The van der Waals surface area contributed by atoms with Crippen LogP contribution in [0.25, 0.3) is 0 Å². The van der Waals surface area contributed by atoms with Crippen LogP contribution in [0.4, 0.5) is 17.6 Å². The molecule has 1 aromatic carbocycles. The molecule has 0 unspecified atom stereocenters. The number of fused-ring (bicyclic) bond motifs is 1. The lowest BCUT2D eigenvalue weighted by Gasteiger charge is -2.11. The second-order valence-corrected chi connectivity index (χ2v) is 4.74. The van der Waals surface area contributed by atoms with Crippen LogP contribution in [0.3, 0.4) is 0 Å². The largest absolute Gasteiger partial charge is 0.489 e. The maximum Gasteiger partial charge on any atom is 0.471 e. The fourth-order valence-corrected chi connectivity index (χ4v) is 1.89. The first-order valence-electron chi connectivity index (χ1n) is 6.48. The Hall–Kier alpha value is -2.58. The van der Waals surface area contributed by atoms with E-state index in [0.717, 1.165) is 0 Å². The first kappa shape index (κ1) is 16.8. The quantitative estimate of drug-likeness (QED) is 0.809. The molecule has 1 aromatic rings. The van der Waals surface area contributed by atoms with Gasteiger partial charge in [0.15, 0.2) is 0 Å². The van der Waals surface area contributed by atoms with E-state index in [-0.39, 0.29) is 24.4 Å². The zero-order valence-corrected chi connectivity index (χ0v) is 11.7. The topological polar surface area (TPSA) is 67.4 Å². The van der Waals surface area contributed by atoms with Crippen molar-refractivity contribution in [3.63, 3.8) is 0 Å². The second-order valence-electron chi connectivity index (χ2n) is 4.74. The number of alkyl halides is 3. The smallest absolute Gasteiger partial charge is 0.471 e. The van der Waals surface area contributed by atoms with E-state index >= 15 is 0 Å². The Morgan fingerprint density at radius 2 is 2.13 bits per heavy atom. The summed E-state index contributed by atoms with van der Waals surface area (Å²) >= 11 is 0. The third-order valence-corrected chi connectivity index (χ3v) is 3.07. The van der Waals surface area contributed by atoms with Crippen molar-refractivity contribution in [1.82, 2.24) is 10.6 Å². The van der Waals surface area contributed by atoms with Gasteiger partial charge in [-0.15, -0.1) is 0 Å². The van der Waals surface area contributed by atoms with Gasteiger partial charge in [0, 0.05) is 24.2 Å². The molecule has 2 rings (SSSR count). The van der Waals surface area contributed by atoms with E-state index in [9.17, 15) is 27.2 Å². The standard InChI is InChI=1S/C14H12F4N2O3/c15-4-8(5-20-13(22)14(16,17)18)7-23-10-1-2-11-9(3-10)6-19-12(11)21/h1-4H,5-7H2,(H,19,21)(H,20,22). The number of amides is 2. The number of halogens is 4. The lowest BCUT2D eigenvalue weighted by molar-refractivity contribution is -0.173. The van der Waals surface area contributed by atoms with Crippen molar-refractivity contribution >= 4 is 11.8 Å². The summed E-state index contributed by atoms with van der Waals surface area (Å²) in [5.74, 6) is -2.02. The minimum absolute atomic E-state index is 0.0785. The Labute approximate surface area is 128 Å². The molecule has 0 bridgehead atoms. The van der Waals surface area contributed by atoms with E-state index in [1.54, 1.807) is 11.4 Å². The van der Waals surface area contributed by atoms with E-state index < -0.39 is 18.6 Å². The van der Waals surface area contributed by atoms with Crippen molar-refractivity contribution in [1.29, 1.82) is 0 Å². The van der Waals surface area contributed by atoms with Crippen molar-refractivity contribution in [3.05, 3.63) is 41.2 Å². The molecule has 1 aliphatic rings. The summed E-state index contributed by atoms with van der Waals surface area (Å²) < 4.78 is 54.0. The molecule has 2 N–H and O–H groups in total. The van der Waals surface area contributed by atoms with Gasteiger partial charge in [-0.2, -0.15) is 13.2 Å². The van der Waals surface area contributed by atoms with Crippen molar-refractivity contribution in [2.45, 2.75) is 12.7 Å². The number of nitrogens with one attached hydrogen (secondary N) is 2. The zero-order valence-electron chi connectivity index (χ0n) is 11.7. The van der Waals surface area contributed by atoms with Crippen molar-refractivity contribution < 1.29 is 31.9 Å². The predicted molar refractivity (Wildman–Crippen MR) is 71.4 cm³/mol. The van der Waals surface area contributed by atoms with Gasteiger partial charge in [-0.3, -0.25) is 9.59 Å². The number of hydrogen-bond donors (Lipinski definition) is 2. The SMILES string of the molecule is O=C1NCc2cc(OCC(=CF)CNC(=O)C(F)(F)F)ccc21. The zero-order chi connectivity index (χ0) is 17.0.